The van der Waals surface area contributed by atoms with Crippen molar-refractivity contribution >= 4 is 39.7 Å². The average Bonchev–Trinajstić information content (AvgIpc) is 3.08. The summed E-state index contributed by atoms with van der Waals surface area (Å²) in [5, 5.41) is 3.78. The summed E-state index contributed by atoms with van der Waals surface area (Å²) >= 11 is 3.55. The second-order valence-electron chi connectivity index (χ2n) is 7.05. The van der Waals surface area contributed by atoms with Crippen LogP contribution < -0.4 is 10.2 Å². The van der Waals surface area contributed by atoms with Gasteiger partial charge in [-0.15, -0.1) is 23.1 Å². The molecule has 6 heteroatoms. The lowest BCUT2D eigenvalue weighted by atomic mass is 10.1. The van der Waals surface area contributed by atoms with E-state index in [4.69, 9.17) is 0 Å². The predicted molar refractivity (Wildman–Crippen MR) is 119 cm³/mol. The molecule has 27 heavy (non-hydrogen) atoms. The lowest BCUT2D eigenvalue weighted by Gasteiger charge is -2.37. The zero-order valence-corrected chi connectivity index (χ0v) is 18.1. The van der Waals surface area contributed by atoms with Gasteiger partial charge in [0.1, 0.15) is 0 Å². The van der Waals surface area contributed by atoms with E-state index in [-0.39, 0.29) is 5.91 Å². The fourth-order valence-corrected chi connectivity index (χ4v) is 5.47. The average molecular weight is 404 g/mol. The van der Waals surface area contributed by atoms with Gasteiger partial charge in [-0.2, -0.15) is 0 Å². The molecule has 3 rings (SSSR count). The minimum Gasteiger partial charge on any atom is -0.369 e. The Morgan fingerprint density at radius 2 is 1.93 bits per heavy atom. The molecule has 1 amide bonds. The minimum absolute atomic E-state index is 0.00611. The molecule has 1 aliphatic rings. The van der Waals surface area contributed by atoms with E-state index in [1.54, 1.807) is 18.3 Å². The van der Waals surface area contributed by atoms with E-state index < -0.39 is 0 Å². The van der Waals surface area contributed by atoms with Crippen LogP contribution in [0.5, 0.6) is 0 Å². The lowest BCUT2D eigenvalue weighted by Crippen LogP contribution is -2.47. The van der Waals surface area contributed by atoms with Gasteiger partial charge in [-0.3, -0.25) is 9.69 Å². The Hall–Kier alpha value is -1.50. The van der Waals surface area contributed by atoms with Crippen LogP contribution in [0.2, 0.25) is 0 Å². The molecule has 1 aromatic carbocycles. The summed E-state index contributed by atoms with van der Waals surface area (Å²) in [5.41, 5.74) is 4.19. The first kappa shape index (κ1) is 20.2. The Bertz CT molecular complexity index is 767. The van der Waals surface area contributed by atoms with Gasteiger partial charge in [0.15, 0.2) is 0 Å². The first-order chi connectivity index (χ1) is 13.0. The van der Waals surface area contributed by atoms with Gasteiger partial charge >= 0.3 is 0 Å². The fraction of sp³-hybridized carbons (Fsp3) is 0.476. The van der Waals surface area contributed by atoms with Gasteiger partial charge in [-0.1, -0.05) is 12.1 Å². The number of nitrogens with one attached hydrogen (secondary N) is 1. The van der Waals surface area contributed by atoms with E-state index in [0.717, 1.165) is 43.5 Å². The fourth-order valence-electron chi connectivity index (χ4n) is 3.39. The number of piperazine rings is 1. The number of anilines is 2. The number of thioether (sulfide) groups is 1. The summed E-state index contributed by atoms with van der Waals surface area (Å²) in [6.45, 7) is 11.7. The maximum atomic E-state index is 11.1. The Labute approximate surface area is 170 Å². The van der Waals surface area contributed by atoms with Crippen LogP contribution >= 0.6 is 23.1 Å². The highest BCUT2D eigenvalue weighted by atomic mass is 32.2. The molecule has 0 spiro atoms. The normalized spacial score (nSPS) is 15.1. The molecule has 2 heterocycles. The van der Waals surface area contributed by atoms with Gasteiger partial charge < -0.3 is 10.2 Å². The SMILES string of the molecule is CC(=O)Nc1ccc(SCCCN2CCN(c3cccc(C)c3C)CC2)s1. The highest BCUT2D eigenvalue weighted by Gasteiger charge is 2.18. The van der Waals surface area contributed by atoms with Gasteiger partial charge in [0, 0.05) is 44.5 Å². The molecule has 0 atom stereocenters. The number of benzene rings is 1. The first-order valence-electron chi connectivity index (χ1n) is 9.56. The molecule has 1 aromatic heterocycles. The third kappa shape index (κ3) is 5.74. The minimum atomic E-state index is -0.00611. The van der Waals surface area contributed by atoms with Crippen molar-refractivity contribution in [2.45, 2.75) is 31.4 Å². The number of rotatable bonds is 7. The van der Waals surface area contributed by atoms with Crippen LogP contribution in [-0.4, -0.2) is 49.3 Å². The van der Waals surface area contributed by atoms with Crippen molar-refractivity contribution in [3.05, 3.63) is 41.5 Å². The monoisotopic (exact) mass is 403 g/mol. The Balaban J connectivity index is 1.37. The highest BCUT2D eigenvalue weighted by Crippen LogP contribution is 2.31. The number of thiophene rings is 1. The smallest absolute Gasteiger partial charge is 0.221 e. The topological polar surface area (TPSA) is 35.6 Å². The number of nitrogens with zero attached hydrogens (tertiary/aromatic N) is 2. The summed E-state index contributed by atoms with van der Waals surface area (Å²) in [5.74, 6) is 1.12. The molecule has 0 saturated carbocycles. The summed E-state index contributed by atoms with van der Waals surface area (Å²) in [6, 6.07) is 10.7. The van der Waals surface area contributed by atoms with Crippen molar-refractivity contribution in [2.24, 2.45) is 0 Å². The van der Waals surface area contributed by atoms with Gasteiger partial charge in [0.2, 0.25) is 5.91 Å². The Morgan fingerprint density at radius 1 is 1.15 bits per heavy atom. The van der Waals surface area contributed by atoms with Crippen molar-refractivity contribution < 1.29 is 4.79 Å². The van der Waals surface area contributed by atoms with Crippen LogP contribution in [-0.2, 0) is 4.79 Å². The molecular weight excluding hydrogens is 374 g/mol. The Morgan fingerprint density at radius 3 is 2.67 bits per heavy atom. The van der Waals surface area contributed by atoms with Crippen molar-refractivity contribution in [2.75, 3.05) is 48.7 Å². The molecule has 1 fully saturated rings. The van der Waals surface area contributed by atoms with Gasteiger partial charge in [-0.25, -0.2) is 0 Å². The lowest BCUT2D eigenvalue weighted by molar-refractivity contribution is -0.114. The third-order valence-corrected chi connectivity index (χ3v) is 7.34. The summed E-state index contributed by atoms with van der Waals surface area (Å²) in [7, 11) is 0. The molecule has 0 bridgehead atoms. The van der Waals surface area contributed by atoms with E-state index in [1.165, 1.54) is 27.4 Å². The molecule has 0 aliphatic carbocycles. The van der Waals surface area contributed by atoms with Crippen LogP contribution in [0.1, 0.15) is 24.5 Å². The van der Waals surface area contributed by atoms with E-state index in [0.29, 0.717) is 0 Å². The number of aryl methyl sites for hydroxylation is 1. The molecule has 1 N–H and O–H groups in total. The number of amides is 1. The van der Waals surface area contributed by atoms with Crippen molar-refractivity contribution in [1.29, 1.82) is 0 Å². The quantitative estimate of drug-likeness (QED) is 0.540. The molecule has 1 aliphatic heterocycles. The molecule has 4 nitrogen and oxygen atoms in total. The van der Waals surface area contributed by atoms with Crippen LogP contribution in [0.25, 0.3) is 0 Å². The summed E-state index contributed by atoms with van der Waals surface area (Å²) < 4.78 is 1.28. The number of hydrogen-bond acceptors (Lipinski definition) is 5. The molecular formula is C21H29N3OS2. The number of carbonyl (C=O) groups is 1. The van der Waals surface area contributed by atoms with Gasteiger partial charge in [0.25, 0.3) is 0 Å². The van der Waals surface area contributed by atoms with Crippen molar-refractivity contribution in [3.63, 3.8) is 0 Å². The second-order valence-corrected chi connectivity index (χ2v) is 9.53. The zero-order chi connectivity index (χ0) is 19.2. The highest BCUT2D eigenvalue weighted by molar-refractivity contribution is 8.01. The van der Waals surface area contributed by atoms with E-state index in [9.17, 15) is 4.79 Å². The maximum absolute atomic E-state index is 11.1. The predicted octanol–water partition coefficient (Wildman–Crippen LogP) is 4.63. The van der Waals surface area contributed by atoms with Gasteiger partial charge in [-0.05, 0) is 56.1 Å². The van der Waals surface area contributed by atoms with Crippen LogP contribution in [0, 0.1) is 13.8 Å². The largest absolute Gasteiger partial charge is 0.369 e. The third-order valence-electron chi connectivity index (χ3n) is 5.03. The second kappa shape index (κ2) is 9.62. The standard InChI is InChI=1S/C21H29N3OS2/c1-16-6-4-7-19(17(16)2)24-13-11-23(12-14-24)10-5-15-26-21-9-8-20(27-21)22-18(3)25/h4,6-9H,5,10-15H2,1-3H3,(H,22,25). The summed E-state index contributed by atoms with van der Waals surface area (Å²) in [6.07, 6.45) is 1.20. The van der Waals surface area contributed by atoms with Crippen LogP contribution in [0.3, 0.4) is 0 Å². The van der Waals surface area contributed by atoms with Crippen molar-refractivity contribution in [1.82, 2.24) is 4.90 Å². The Kier molecular flexibility index (Phi) is 7.21. The van der Waals surface area contributed by atoms with Gasteiger partial charge in [0.05, 0.1) is 9.21 Å². The number of carbonyl (C=O) groups excluding carboxylic acids is 1. The van der Waals surface area contributed by atoms with E-state index in [1.807, 2.05) is 17.8 Å². The van der Waals surface area contributed by atoms with E-state index >= 15 is 0 Å². The zero-order valence-electron chi connectivity index (χ0n) is 16.5. The first-order valence-corrected chi connectivity index (χ1v) is 11.4. The van der Waals surface area contributed by atoms with Crippen molar-refractivity contribution in [3.8, 4) is 0 Å². The molecule has 2 aromatic rings. The van der Waals surface area contributed by atoms with Crippen LogP contribution in [0.15, 0.2) is 34.5 Å². The summed E-state index contributed by atoms with van der Waals surface area (Å²) in [4.78, 5) is 16.2. The van der Waals surface area contributed by atoms with Crippen LogP contribution in [0.4, 0.5) is 10.7 Å². The molecule has 0 unspecified atom stereocenters. The maximum Gasteiger partial charge on any atom is 0.221 e. The molecule has 0 radical (unpaired) electrons. The number of hydrogen-bond donors (Lipinski definition) is 1. The van der Waals surface area contributed by atoms with E-state index in [2.05, 4.69) is 53.2 Å². The molecule has 146 valence electrons. The molecule has 1 saturated heterocycles.